The van der Waals surface area contributed by atoms with E-state index in [4.69, 9.17) is 0 Å². The third-order valence-corrected chi connectivity index (χ3v) is 4.38. The van der Waals surface area contributed by atoms with Crippen molar-refractivity contribution in [3.05, 3.63) is 71.8 Å². The Labute approximate surface area is 114 Å². The average Bonchev–Trinajstić information content (AvgIpc) is 2.46. The Morgan fingerprint density at radius 1 is 1.05 bits per heavy atom. The summed E-state index contributed by atoms with van der Waals surface area (Å²) in [5.74, 6) is 0. The molecule has 0 fully saturated rings. The van der Waals surface area contributed by atoms with E-state index >= 15 is 0 Å². The van der Waals surface area contributed by atoms with Gasteiger partial charge in [-0.15, -0.1) is 0 Å². The van der Waals surface area contributed by atoms with Gasteiger partial charge in [0.1, 0.15) is 0 Å². The van der Waals surface area contributed by atoms with E-state index < -0.39 is 13.3 Å². The van der Waals surface area contributed by atoms with Crippen LogP contribution in [-0.2, 0) is 16.4 Å². The first-order valence-electron chi connectivity index (χ1n) is 6.13. The van der Waals surface area contributed by atoms with E-state index in [2.05, 4.69) is 5.32 Å². The Morgan fingerprint density at radius 2 is 1.58 bits per heavy atom. The van der Waals surface area contributed by atoms with E-state index in [0.717, 1.165) is 11.1 Å². The van der Waals surface area contributed by atoms with Crippen molar-refractivity contribution in [1.29, 1.82) is 0 Å². The molecule has 98 valence electrons. The zero-order valence-corrected chi connectivity index (χ0v) is 11.7. The van der Waals surface area contributed by atoms with E-state index in [0.29, 0.717) is 6.54 Å². The van der Waals surface area contributed by atoms with E-state index in [9.17, 15) is 9.46 Å². The molecule has 2 atom stereocenters. The van der Waals surface area contributed by atoms with E-state index in [-0.39, 0.29) is 0 Å². The average molecular weight is 274 g/mol. The van der Waals surface area contributed by atoms with Gasteiger partial charge in [-0.1, -0.05) is 60.7 Å². The lowest BCUT2D eigenvalue weighted by Gasteiger charge is -2.19. The van der Waals surface area contributed by atoms with Crippen LogP contribution in [0, 0.1) is 0 Å². The van der Waals surface area contributed by atoms with Crippen molar-refractivity contribution in [2.45, 2.75) is 18.7 Å². The summed E-state index contributed by atoms with van der Waals surface area (Å²) >= 11 is 0. The molecule has 0 aliphatic carbocycles. The second kappa shape index (κ2) is 6.07. The molecule has 3 nitrogen and oxygen atoms in total. The van der Waals surface area contributed by atoms with Crippen LogP contribution in [0.3, 0.4) is 0 Å². The zero-order valence-electron chi connectivity index (χ0n) is 10.8. The summed E-state index contributed by atoms with van der Waals surface area (Å²) in [5, 5.41) is 2.26. The quantitative estimate of drug-likeness (QED) is 0.822. The fourth-order valence-corrected chi connectivity index (χ4v) is 2.50. The highest BCUT2D eigenvalue weighted by atomic mass is 31.1. The lowest BCUT2D eigenvalue weighted by molar-refractivity contribution is 0.414. The predicted octanol–water partition coefficient (Wildman–Crippen LogP) is 3.38. The van der Waals surface area contributed by atoms with Gasteiger partial charge in [0.15, 0.2) is 0 Å². The van der Waals surface area contributed by atoms with Gasteiger partial charge in [0, 0.05) is 19.0 Å². The normalized spacial score (nSPS) is 14.7. The van der Waals surface area contributed by atoms with Gasteiger partial charge in [0.25, 0.3) is 5.28 Å². The third-order valence-electron chi connectivity index (χ3n) is 3.20. The number of hydrogen-bond acceptors (Lipinski definition) is 2. The number of hydrogen-bond donors (Lipinski definition) is 2. The molecule has 2 aromatic rings. The zero-order chi connectivity index (χ0) is 13.7. The van der Waals surface area contributed by atoms with Gasteiger partial charge in [0.2, 0.25) is 0 Å². The van der Waals surface area contributed by atoms with E-state index in [1.165, 1.54) is 0 Å². The highest BCUT2D eigenvalue weighted by molar-refractivity contribution is 7.39. The monoisotopic (exact) mass is 274 g/mol. The summed E-state index contributed by atoms with van der Waals surface area (Å²) in [6, 6.07) is 19.2. The van der Waals surface area contributed by atoms with E-state index in [1.807, 2.05) is 60.7 Å². The van der Waals surface area contributed by atoms with Crippen molar-refractivity contribution < 1.29 is 9.46 Å². The molecule has 0 saturated carbocycles. The summed E-state index contributed by atoms with van der Waals surface area (Å²) < 4.78 is 11.7. The summed E-state index contributed by atoms with van der Waals surface area (Å²) in [6.07, 6.45) is 0. The van der Waals surface area contributed by atoms with E-state index in [1.54, 1.807) is 6.92 Å². The SMILES string of the molecule is CC(NCc1ccccc1)(c1ccccc1)[P+](=O)O. The molecule has 0 aliphatic heterocycles. The molecule has 2 unspecified atom stereocenters. The van der Waals surface area contributed by atoms with Crippen molar-refractivity contribution in [2.75, 3.05) is 0 Å². The summed E-state index contributed by atoms with van der Waals surface area (Å²) in [5.41, 5.74) is 1.90. The smallest absolute Gasteiger partial charge is 0.261 e. The molecule has 2 aromatic carbocycles. The summed E-state index contributed by atoms with van der Waals surface area (Å²) in [4.78, 5) is 9.65. The molecule has 0 bridgehead atoms. The second-order valence-corrected chi connectivity index (χ2v) is 5.99. The van der Waals surface area contributed by atoms with Crippen molar-refractivity contribution in [3.8, 4) is 0 Å². The van der Waals surface area contributed by atoms with Gasteiger partial charge in [0.05, 0.1) is 0 Å². The minimum Gasteiger partial charge on any atom is -0.261 e. The first-order chi connectivity index (χ1) is 9.13. The van der Waals surface area contributed by atoms with Gasteiger partial charge in [-0.2, -0.15) is 4.89 Å². The van der Waals surface area contributed by atoms with Crippen LogP contribution in [0.1, 0.15) is 18.1 Å². The molecule has 4 heteroatoms. The van der Waals surface area contributed by atoms with Crippen LogP contribution >= 0.6 is 8.03 Å². The number of nitrogens with one attached hydrogen (secondary N) is 1. The largest absolute Gasteiger partial charge is 0.532 e. The summed E-state index contributed by atoms with van der Waals surface area (Å²) in [7, 11) is -2.38. The summed E-state index contributed by atoms with van der Waals surface area (Å²) in [6.45, 7) is 2.30. The van der Waals surface area contributed by atoms with Crippen LogP contribution in [0.2, 0.25) is 0 Å². The van der Waals surface area contributed by atoms with Crippen molar-refractivity contribution in [3.63, 3.8) is 0 Å². The van der Waals surface area contributed by atoms with Crippen LogP contribution < -0.4 is 5.32 Å². The van der Waals surface area contributed by atoms with Gasteiger partial charge >= 0.3 is 8.03 Å². The Hall–Kier alpha value is -1.54. The van der Waals surface area contributed by atoms with Gasteiger partial charge in [-0.3, -0.25) is 5.32 Å². The van der Waals surface area contributed by atoms with Crippen LogP contribution in [-0.4, -0.2) is 4.89 Å². The lowest BCUT2D eigenvalue weighted by Crippen LogP contribution is -2.35. The first-order valence-corrected chi connectivity index (χ1v) is 7.35. The molecule has 2 N–H and O–H groups in total. The van der Waals surface area contributed by atoms with Crippen molar-refractivity contribution in [2.24, 2.45) is 0 Å². The maximum Gasteiger partial charge on any atom is 0.532 e. The molecule has 0 radical (unpaired) electrons. The standard InChI is InChI=1S/C15H16NO2P/c1-15(19(17)18,14-10-6-3-7-11-14)16-12-13-8-4-2-5-9-13/h2-11,16H,12H2,1H3/p+1. The maximum absolute atomic E-state index is 11.7. The molecule has 0 aliphatic rings. The van der Waals surface area contributed by atoms with Gasteiger partial charge in [-0.25, -0.2) is 0 Å². The van der Waals surface area contributed by atoms with Gasteiger partial charge in [-0.05, 0) is 10.1 Å². The highest BCUT2D eigenvalue weighted by Crippen LogP contribution is 2.41. The van der Waals surface area contributed by atoms with Crippen molar-refractivity contribution >= 4 is 8.03 Å². The van der Waals surface area contributed by atoms with Crippen molar-refractivity contribution in [1.82, 2.24) is 5.32 Å². The molecule has 0 amide bonds. The molecule has 2 rings (SSSR count). The Kier molecular flexibility index (Phi) is 4.43. The molecular formula is C15H17NO2P+. The van der Waals surface area contributed by atoms with Crippen LogP contribution in [0.25, 0.3) is 0 Å². The molecule has 0 spiro atoms. The van der Waals surface area contributed by atoms with Crippen LogP contribution in [0.5, 0.6) is 0 Å². The predicted molar refractivity (Wildman–Crippen MR) is 76.9 cm³/mol. The topological polar surface area (TPSA) is 49.3 Å². The molecule has 0 aromatic heterocycles. The second-order valence-electron chi connectivity index (χ2n) is 4.55. The fourth-order valence-electron chi connectivity index (χ4n) is 1.91. The Morgan fingerprint density at radius 3 is 2.11 bits per heavy atom. The Balaban J connectivity index is 2.19. The van der Waals surface area contributed by atoms with Crippen LogP contribution in [0.4, 0.5) is 0 Å². The minimum absolute atomic E-state index is 0.549. The molecule has 19 heavy (non-hydrogen) atoms. The number of rotatable bonds is 5. The minimum atomic E-state index is -2.38. The molecule has 0 saturated heterocycles. The fraction of sp³-hybridized carbons (Fsp3) is 0.200. The highest BCUT2D eigenvalue weighted by Gasteiger charge is 2.45. The lowest BCUT2D eigenvalue weighted by atomic mass is 10.1. The molecular weight excluding hydrogens is 257 g/mol. The van der Waals surface area contributed by atoms with Crippen LogP contribution in [0.15, 0.2) is 60.7 Å². The number of benzene rings is 2. The first kappa shape index (κ1) is 13.9. The maximum atomic E-state index is 11.7. The third kappa shape index (κ3) is 3.27. The van der Waals surface area contributed by atoms with Gasteiger partial charge < -0.3 is 0 Å². The Bertz CT molecular complexity index is 545. The molecule has 0 heterocycles.